The average molecular weight is 1920 g/mol. The number of methoxy groups -OCH3 is 1. The zero-order chi connectivity index (χ0) is 97.8. The van der Waals surface area contributed by atoms with Crippen LogP contribution in [0.5, 0.6) is 11.5 Å². The van der Waals surface area contributed by atoms with Crippen molar-refractivity contribution in [1.29, 1.82) is 0 Å². The fourth-order valence-electron chi connectivity index (χ4n) is 15.9. The molecule has 0 saturated heterocycles. The van der Waals surface area contributed by atoms with Crippen molar-refractivity contribution in [2.45, 2.75) is 81.6 Å². The molecule has 6 N–H and O–H groups in total. The number of pyridine rings is 6. The maximum atomic E-state index is 12.7. The summed E-state index contributed by atoms with van der Waals surface area (Å²) in [6, 6.07) is 101. The molecule has 0 saturated carbocycles. The van der Waals surface area contributed by atoms with Crippen LogP contribution in [-0.2, 0) is 6.61 Å². The summed E-state index contributed by atoms with van der Waals surface area (Å²) in [5.74, 6) is 4.74. The van der Waals surface area contributed by atoms with E-state index in [2.05, 4.69) is 139 Å². The number of halogens is 1. The predicted octanol–water partition coefficient (Wildman–Crippen LogP) is 27.2. The number of benzene rings is 13. The highest BCUT2D eigenvalue weighted by Crippen LogP contribution is 2.38. The molecule has 0 aliphatic carbocycles. The zero-order valence-corrected chi connectivity index (χ0v) is 81.4. The largest absolute Gasteiger partial charge is 0.497 e. The number of hydrogen-bond acceptors (Lipinski definition) is 12. The second-order valence-corrected chi connectivity index (χ2v) is 41.0. The van der Waals surface area contributed by atoms with Gasteiger partial charge in [-0.2, -0.15) is 0 Å². The lowest BCUT2D eigenvalue weighted by atomic mass is 10.0. The van der Waals surface area contributed by atoms with Crippen molar-refractivity contribution in [2.75, 3.05) is 7.11 Å². The maximum absolute atomic E-state index is 12.7. The van der Waals surface area contributed by atoms with Crippen molar-refractivity contribution in [3.63, 3.8) is 0 Å². The molecule has 138 heavy (non-hydrogen) atoms. The van der Waals surface area contributed by atoms with Gasteiger partial charge < -0.3 is 43.9 Å². The summed E-state index contributed by atoms with van der Waals surface area (Å²) < 4.78 is 14.9. The zero-order valence-electron chi connectivity index (χ0n) is 78.0. The minimum atomic E-state index is -1.48. The molecule has 686 valence electrons. The fourth-order valence-corrected chi connectivity index (χ4v) is 17.0. The van der Waals surface area contributed by atoms with Gasteiger partial charge >= 0.3 is 11.4 Å². The van der Waals surface area contributed by atoms with Gasteiger partial charge in [-0.15, -0.1) is 5.54 Å². The highest BCUT2D eigenvalue weighted by molar-refractivity contribution is 9.10. The van der Waals surface area contributed by atoms with Crippen molar-refractivity contribution in [2.24, 2.45) is 0 Å². The SMILES string of the molecule is COc1ccc(-c2[nH]c(=O)c3cc(C)ccc3c2-n2cccc2)cc1.Cc1ccc(-c2[nH]c(=O)c3cc(C)ccc3c2[N+](=O)[O-])cc1.Cc1ccc(-c2cc3ccc(C)cc3c(=S)[nH]2)cc1.Cc1ccc2c([N+](=O)[O-])c(-c3ccc(C#C[Si](C)(C)C)cc3)[nH]c(=O)c2c1.Cc1ccc2cc(-c3ccc(Br)cc3)[nH]c(=O)c2c1.Cc1ccc2cc(-c3ccc(OCc4ccccc4)cc3)[nH]c(=O)c2c1. The van der Waals surface area contributed by atoms with E-state index in [1.807, 2.05) is 265 Å². The molecule has 20 nitrogen and oxygen atoms in total. The standard InChI is InChI=1S/C23H19NO2.C21H20N2O3Si.C21H18N2O2.C17H14N2O3.C17H15NS.C16H12BrNO/c1-16-7-8-19-14-22(24-23(25)21(19)13-16)18-9-11-20(12-10-18)26-15-17-5-3-2-4-6-17;1-14-5-10-17-18(13-14)21(24)22-19(20(17)23(25)26)16-8-6-15(7-9-16)11-12-27(2,3)4;1-14-5-10-17-18(13-14)21(24)22-19(20(17)23-11-3-4-12-23)15-6-8-16(25-2)9-7-15;1-10-3-6-12(7-4-10)15-16(19(21)22)13-8-5-11(2)9-14(13)17(20)18-15;1-11-3-6-13(7-4-11)16-10-14-8-5-12(2)9-15(14)17(19)18-16;1-10-2-3-12-9-15(18-16(19)14(12)8-10)11-4-6-13(17)7-5-11/h2-14H,15H2,1H3,(H,24,25);5-10,13H,1-4H3,(H,22,24);3-13H,1-2H3,(H,22,24);3-9H,1-2H3,(H,18,20);3-10H,1-2H3,(H,18,19);2-9H,1H3,(H,18,19). The van der Waals surface area contributed by atoms with E-state index < -0.39 is 17.9 Å². The molecular weight excluding hydrogens is 1820 g/mol. The summed E-state index contributed by atoms with van der Waals surface area (Å²) in [5, 5.41) is 31.9. The first-order valence-electron chi connectivity index (χ1n) is 44.5. The normalized spacial score (nSPS) is 10.9. The van der Waals surface area contributed by atoms with Crippen LogP contribution in [0.3, 0.4) is 0 Å². The molecule has 0 aliphatic heterocycles. The number of aryl methyl sites for hydroxylation is 8. The maximum Gasteiger partial charge on any atom is 0.301 e. The Labute approximate surface area is 809 Å². The lowest BCUT2D eigenvalue weighted by Gasteiger charge is -2.15. The quantitative estimate of drug-likeness (QED) is 0.0207. The summed E-state index contributed by atoms with van der Waals surface area (Å²) in [6.07, 6.45) is 3.97. The van der Waals surface area contributed by atoms with Gasteiger partial charge in [-0.1, -0.05) is 262 Å². The molecule has 0 amide bonds. The molecule has 7 heterocycles. The Morgan fingerprint density at radius 2 is 0.696 bits per heavy atom. The van der Waals surface area contributed by atoms with Gasteiger partial charge in [0.25, 0.3) is 27.8 Å². The lowest BCUT2D eigenvalue weighted by Crippen LogP contribution is -2.16. The van der Waals surface area contributed by atoms with Crippen LogP contribution in [0, 0.1) is 91.7 Å². The number of nitrogens with zero attached hydrogens (tertiary/aromatic N) is 3. The number of rotatable bonds is 13. The first-order chi connectivity index (χ1) is 66.2. The number of ether oxygens (including phenoxy) is 2. The Kier molecular flexibility index (Phi) is 29.5. The van der Waals surface area contributed by atoms with Crippen molar-refractivity contribution in [3.8, 4) is 96.2 Å². The van der Waals surface area contributed by atoms with E-state index in [4.69, 9.17) is 21.7 Å². The minimum absolute atomic E-state index is 0.0425. The first kappa shape index (κ1) is 96.1. The second kappa shape index (κ2) is 42.4. The first-order valence-corrected chi connectivity index (χ1v) is 49.2. The van der Waals surface area contributed by atoms with E-state index in [1.165, 1.54) is 22.1 Å². The number of hydrogen-bond donors (Lipinski definition) is 6. The topological polar surface area (TPSA) is 290 Å². The van der Waals surface area contributed by atoms with Gasteiger partial charge in [0.15, 0.2) is 0 Å². The second-order valence-electron chi connectivity index (χ2n) is 34.9. The smallest absolute Gasteiger partial charge is 0.301 e. The Morgan fingerprint density at radius 1 is 0.355 bits per heavy atom. The molecule has 13 aromatic carbocycles. The number of H-pyrrole nitrogens is 6. The van der Waals surface area contributed by atoms with Crippen molar-refractivity contribution in [3.05, 3.63) is 465 Å². The molecule has 0 fully saturated rings. The Morgan fingerprint density at radius 3 is 1.14 bits per heavy atom. The summed E-state index contributed by atoms with van der Waals surface area (Å²) in [4.78, 5) is 102. The van der Waals surface area contributed by atoms with Crippen LogP contribution in [0.4, 0.5) is 11.4 Å². The molecule has 0 atom stereocenters. The van der Waals surface area contributed by atoms with Gasteiger partial charge in [-0.3, -0.25) is 44.2 Å². The van der Waals surface area contributed by atoms with E-state index in [0.717, 1.165) is 143 Å². The van der Waals surface area contributed by atoms with Gasteiger partial charge in [0, 0.05) is 83.1 Å². The molecule has 0 radical (unpaired) electrons. The summed E-state index contributed by atoms with van der Waals surface area (Å²) >= 11 is 8.88. The predicted molar refractivity (Wildman–Crippen MR) is 570 cm³/mol. The highest BCUT2D eigenvalue weighted by Gasteiger charge is 2.26. The molecule has 0 unspecified atom stereocenters. The van der Waals surface area contributed by atoms with E-state index in [1.54, 1.807) is 67.8 Å². The molecule has 7 aromatic heterocycles. The van der Waals surface area contributed by atoms with Crippen molar-refractivity contribution < 1.29 is 19.3 Å². The van der Waals surface area contributed by atoms with E-state index in [-0.39, 0.29) is 50.6 Å². The number of nitrogens with one attached hydrogen (secondary N) is 6. The molecule has 23 heteroatoms. The van der Waals surface area contributed by atoms with Crippen molar-refractivity contribution >= 4 is 112 Å². The van der Waals surface area contributed by atoms with Crippen LogP contribution < -0.4 is 37.3 Å². The third-order valence-corrected chi connectivity index (χ3v) is 24.8. The van der Waals surface area contributed by atoms with Crippen molar-refractivity contribution in [1.82, 2.24) is 34.5 Å². The lowest BCUT2D eigenvalue weighted by molar-refractivity contribution is -0.382. The van der Waals surface area contributed by atoms with Crippen LogP contribution >= 0.6 is 28.1 Å². The van der Waals surface area contributed by atoms with Crippen LogP contribution in [-0.4, -0.2) is 59.5 Å². The average Bonchev–Trinajstić information content (AvgIpc) is 1.02. The van der Waals surface area contributed by atoms with Crippen LogP contribution in [0.15, 0.2) is 356 Å². The van der Waals surface area contributed by atoms with Crippen LogP contribution in [0.25, 0.3) is 138 Å². The third-order valence-electron chi connectivity index (χ3n) is 23.1. The summed E-state index contributed by atoms with van der Waals surface area (Å²) in [6.45, 7) is 22.8. The Bertz CT molecular complexity index is 8320. The van der Waals surface area contributed by atoms with E-state index >= 15 is 0 Å². The Hall–Kier alpha value is -16.5. The van der Waals surface area contributed by atoms with Gasteiger partial charge in [0.2, 0.25) is 0 Å². The Balaban J connectivity index is 0.000000126. The number of aromatic amines is 6. The van der Waals surface area contributed by atoms with Gasteiger partial charge in [-0.05, 0) is 245 Å². The fraction of sp³-hybridized carbons (Fsp3) is 0.113. The summed E-state index contributed by atoms with van der Waals surface area (Å²) in [7, 11) is 0.157. The van der Waals surface area contributed by atoms with Gasteiger partial charge in [-0.25, -0.2) is 0 Å². The molecule has 20 rings (SSSR count). The molecule has 0 spiro atoms. The molecule has 0 bridgehead atoms. The van der Waals surface area contributed by atoms with Crippen LogP contribution in [0.1, 0.15) is 55.6 Å². The van der Waals surface area contributed by atoms with E-state index in [9.17, 15) is 44.2 Å². The number of aromatic nitrogens is 7. The molecule has 0 aliphatic rings. The molecular formula is C115H98BrN9O11SSi. The monoisotopic (exact) mass is 1920 g/mol. The highest BCUT2D eigenvalue weighted by atomic mass is 79.9. The number of nitro groups is 2. The third kappa shape index (κ3) is 23.1. The van der Waals surface area contributed by atoms with Gasteiger partial charge in [0.05, 0.1) is 49.9 Å². The summed E-state index contributed by atoms with van der Waals surface area (Å²) in [5.41, 5.74) is 23.0. The van der Waals surface area contributed by atoms with E-state index in [0.29, 0.717) is 44.7 Å². The van der Waals surface area contributed by atoms with Crippen LogP contribution in [0.2, 0.25) is 19.6 Å². The number of fused-ring (bicyclic) bond motifs is 6. The minimum Gasteiger partial charge on any atom is -0.497 e. The van der Waals surface area contributed by atoms with Gasteiger partial charge in [0.1, 0.15) is 42.2 Å². The molecule has 20 aromatic rings.